The van der Waals surface area contributed by atoms with Gasteiger partial charge in [-0.15, -0.1) is 16.4 Å². The monoisotopic (exact) mass is 308 g/mol. The molecule has 21 heavy (non-hydrogen) atoms. The fraction of sp³-hybridized carbons (Fsp3) is 0.600. The lowest BCUT2D eigenvalue weighted by Gasteiger charge is -2.22. The first kappa shape index (κ1) is 16.0. The van der Waals surface area contributed by atoms with Crippen LogP contribution in [0.4, 0.5) is 6.01 Å². The van der Waals surface area contributed by atoms with E-state index in [1.54, 1.807) is 11.3 Å². The lowest BCUT2D eigenvalue weighted by Crippen LogP contribution is -2.35. The van der Waals surface area contributed by atoms with E-state index < -0.39 is 0 Å². The second-order valence-electron chi connectivity index (χ2n) is 6.82. The molecule has 0 aromatic carbocycles. The molecular formula is C15H24N4OS. The zero-order valence-corrected chi connectivity index (χ0v) is 14.2. The second kappa shape index (κ2) is 6.15. The molecule has 0 atom stereocenters. The molecule has 2 heterocycles. The van der Waals surface area contributed by atoms with Crippen LogP contribution in [0, 0.1) is 0 Å². The third kappa shape index (κ3) is 4.82. The number of hydrogen-bond donors (Lipinski definition) is 2. The summed E-state index contributed by atoms with van der Waals surface area (Å²) in [6.07, 6.45) is 0. The Bertz CT molecular complexity index is 554. The predicted octanol–water partition coefficient (Wildman–Crippen LogP) is 3.41. The number of nitrogens with zero attached hydrogens (tertiary/aromatic N) is 2. The van der Waals surface area contributed by atoms with Crippen LogP contribution in [0.1, 0.15) is 45.4 Å². The lowest BCUT2D eigenvalue weighted by atomic mass is 9.91. The van der Waals surface area contributed by atoms with E-state index in [0.717, 1.165) is 6.54 Å². The fourth-order valence-electron chi connectivity index (χ4n) is 1.78. The van der Waals surface area contributed by atoms with Crippen molar-refractivity contribution < 1.29 is 4.42 Å². The summed E-state index contributed by atoms with van der Waals surface area (Å²) in [7, 11) is 0. The van der Waals surface area contributed by atoms with Gasteiger partial charge in [0.1, 0.15) is 0 Å². The molecule has 2 N–H and O–H groups in total. The van der Waals surface area contributed by atoms with Gasteiger partial charge >= 0.3 is 6.01 Å². The van der Waals surface area contributed by atoms with E-state index >= 15 is 0 Å². The highest BCUT2D eigenvalue weighted by atomic mass is 32.1. The SMILES string of the molecule is CC(C)(C)NCc1nnc(NCC(C)(C)c2cccs2)o1. The van der Waals surface area contributed by atoms with Crippen LogP contribution in [0.3, 0.4) is 0 Å². The topological polar surface area (TPSA) is 63.0 Å². The molecule has 0 spiro atoms. The van der Waals surface area contributed by atoms with Crippen LogP contribution in [0.2, 0.25) is 0 Å². The van der Waals surface area contributed by atoms with Gasteiger partial charge in [-0.2, -0.15) is 0 Å². The van der Waals surface area contributed by atoms with E-state index in [4.69, 9.17) is 4.42 Å². The molecule has 0 fully saturated rings. The Morgan fingerprint density at radius 1 is 1.19 bits per heavy atom. The van der Waals surface area contributed by atoms with E-state index in [1.807, 2.05) is 0 Å². The molecule has 0 saturated heterocycles. The van der Waals surface area contributed by atoms with Crippen molar-refractivity contribution in [1.29, 1.82) is 0 Å². The molecule has 116 valence electrons. The smallest absolute Gasteiger partial charge is 0.315 e. The second-order valence-corrected chi connectivity index (χ2v) is 7.77. The first-order chi connectivity index (χ1) is 9.76. The summed E-state index contributed by atoms with van der Waals surface area (Å²) in [5, 5.41) is 16.7. The van der Waals surface area contributed by atoms with Gasteiger partial charge in [0, 0.05) is 22.4 Å². The average Bonchev–Trinajstić information content (AvgIpc) is 3.05. The first-order valence-corrected chi connectivity index (χ1v) is 7.99. The zero-order chi connectivity index (χ0) is 15.5. The van der Waals surface area contributed by atoms with Crippen LogP contribution in [-0.4, -0.2) is 22.3 Å². The molecular weight excluding hydrogens is 284 g/mol. The Hall–Kier alpha value is -1.40. The van der Waals surface area contributed by atoms with Crippen molar-refractivity contribution in [1.82, 2.24) is 15.5 Å². The average molecular weight is 308 g/mol. The van der Waals surface area contributed by atoms with Crippen molar-refractivity contribution >= 4 is 17.4 Å². The van der Waals surface area contributed by atoms with Crippen LogP contribution in [0.15, 0.2) is 21.9 Å². The van der Waals surface area contributed by atoms with Gasteiger partial charge in [-0.05, 0) is 32.2 Å². The van der Waals surface area contributed by atoms with Gasteiger partial charge in [-0.25, -0.2) is 0 Å². The third-order valence-electron chi connectivity index (χ3n) is 3.11. The van der Waals surface area contributed by atoms with Crippen LogP contribution in [0.25, 0.3) is 0 Å². The maximum absolute atomic E-state index is 5.60. The van der Waals surface area contributed by atoms with Crippen LogP contribution < -0.4 is 10.6 Å². The highest BCUT2D eigenvalue weighted by Crippen LogP contribution is 2.27. The summed E-state index contributed by atoms with van der Waals surface area (Å²) >= 11 is 1.76. The molecule has 0 unspecified atom stereocenters. The largest absolute Gasteiger partial charge is 0.407 e. The molecule has 2 aromatic rings. The van der Waals surface area contributed by atoms with Gasteiger partial charge in [-0.3, -0.25) is 0 Å². The van der Waals surface area contributed by atoms with Crippen molar-refractivity contribution in [2.24, 2.45) is 0 Å². The van der Waals surface area contributed by atoms with E-state index in [1.165, 1.54) is 4.88 Å². The molecule has 5 nitrogen and oxygen atoms in total. The summed E-state index contributed by atoms with van der Waals surface area (Å²) in [5.74, 6) is 0.598. The van der Waals surface area contributed by atoms with Crippen molar-refractivity contribution in [2.45, 2.75) is 52.1 Å². The minimum Gasteiger partial charge on any atom is -0.407 e. The molecule has 0 bridgehead atoms. The standard InChI is InChI=1S/C15H24N4OS/c1-14(2,3)17-9-12-18-19-13(20-12)16-10-15(4,5)11-7-6-8-21-11/h6-8,17H,9-10H2,1-5H3,(H,16,19). The molecule has 0 aliphatic rings. The quantitative estimate of drug-likeness (QED) is 0.856. The molecule has 6 heteroatoms. The number of thiophene rings is 1. The number of rotatable bonds is 6. The van der Waals surface area contributed by atoms with E-state index in [9.17, 15) is 0 Å². The fourth-order valence-corrected chi connectivity index (χ4v) is 2.64. The summed E-state index contributed by atoms with van der Waals surface area (Å²) in [6.45, 7) is 12.0. The van der Waals surface area contributed by atoms with Crippen molar-refractivity contribution in [3.8, 4) is 0 Å². The Labute approximate surface area is 130 Å². The number of hydrogen-bond acceptors (Lipinski definition) is 6. The number of anilines is 1. The van der Waals surface area contributed by atoms with Gasteiger partial charge in [0.25, 0.3) is 0 Å². The highest BCUT2D eigenvalue weighted by molar-refractivity contribution is 7.10. The molecule has 0 radical (unpaired) electrons. The van der Waals surface area contributed by atoms with Crippen LogP contribution >= 0.6 is 11.3 Å². The van der Waals surface area contributed by atoms with Crippen molar-refractivity contribution in [3.63, 3.8) is 0 Å². The summed E-state index contributed by atoms with van der Waals surface area (Å²) < 4.78 is 5.60. The van der Waals surface area contributed by atoms with Gasteiger partial charge in [-0.1, -0.05) is 25.0 Å². The predicted molar refractivity (Wildman–Crippen MR) is 86.7 cm³/mol. The Balaban J connectivity index is 1.88. The number of nitrogens with one attached hydrogen (secondary N) is 2. The number of aromatic nitrogens is 2. The molecule has 2 aromatic heterocycles. The first-order valence-electron chi connectivity index (χ1n) is 7.11. The minimum absolute atomic E-state index is 0.0310. The molecule has 0 aliphatic carbocycles. The van der Waals surface area contributed by atoms with Crippen LogP contribution in [0.5, 0.6) is 0 Å². The van der Waals surface area contributed by atoms with Crippen LogP contribution in [-0.2, 0) is 12.0 Å². The Morgan fingerprint density at radius 3 is 2.57 bits per heavy atom. The molecule has 0 saturated carbocycles. The zero-order valence-electron chi connectivity index (χ0n) is 13.4. The Kier molecular flexibility index (Phi) is 4.68. The lowest BCUT2D eigenvalue weighted by molar-refractivity contribution is 0.383. The van der Waals surface area contributed by atoms with E-state index in [0.29, 0.717) is 18.5 Å². The summed E-state index contributed by atoms with van der Waals surface area (Å²) in [4.78, 5) is 1.34. The van der Waals surface area contributed by atoms with Gasteiger partial charge in [0.15, 0.2) is 0 Å². The normalized spacial score (nSPS) is 12.6. The molecule has 2 rings (SSSR count). The highest BCUT2D eigenvalue weighted by Gasteiger charge is 2.22. The van der Waals surface area contributed by atoms with E-state index in [2.05, 4.69) is 73.0 Å². The molecule has 0 amide bonds. The molecule has 0 aliphatic heterocycles. The van der Waals surface area contributed by atoms with Crippen molar-refractivity contribution in [2.75, 3.05) is 11.9 Å². The summed E-state index contributed by atoms with van der Waals surface area (Å²) in [6, 6.07) is 4.70. The maximum Gasteiger partial charge on any atom is 0.315 e. The summed E-state index contributed by atoms with van der Waals surface area (Å²) in [5.41, 5.74) is 0.0652. The van der Waals surface area contributed by atoms with Gasteiger partial charge in [0.05, 0.1) is 6.54 Å². The Morgan fingerprint density at radius 2 is 1.95 bits per heavy atom. The third-order valence-corrected chi connectivity index (χ3v) is 4.34. The van der Waals surface area contributed by atoms with E-state index in [-0.39, 0.29) is 11.0 Å². The maximum atomic E-state index is 5.60. The van der Waals surface area contributed by atoms with Crippen molar-refractivity contribution in [3.05, 3.63) is 28.3 Å². The van der Waals surface area contributed by atoms with Gasteiger partial charge in [0.2, 0.25) is 5.89 Å². The van der Waals surface area contributed by atoms with Gasteiger partial charge < -0.3 is 15.1 Å². The minimum atomic E-state index is 0.0310.